The van der Waals surface area contributed by atoms with Crippen LogP contribution >= 0.6 is 0 Å². The van der Waals surface area contributed by atoms with E-state index in [1.54, 1.807) is 20.8 Å². The minimum atomic E-state index is -0.919. The Labute approximate surface area is 125 Å². The van der Waals surface area contributed by atoms with Gasteiger partial charge in [-0.15, -0.1) is 0 Å². The van der Waals surface area contributed by atoms with Crippen LogP contribution in [-0.2, 0) is 19.1 Å². The Bertz CT molecular complexity index is 428. The van der Waals surface area contributed by atoms with Gasteiger partial charge in [0.2, 0.25) is 11.8 Å². The largest absolute Gasteiger partial charge is 0.467 e. The molecule has 0 heterocycles. The molecule has 118 valence electrons. The first-order chi connectivity index (χ1) is 9.74. The van der Waals surface area contributed by atoms with Crippen molar-refractivity contribution >= 4 is 17.8 Å². The van der Waals surface area contributed by atoms with Gasteiger partial charge in [-0.05, 0) is 5.92 Å². The quantitative estimate of drug-likeness (QED) is 0.659. The third kappa shape index (κ3) is 6.25. The van der Waals surface area contributed by atoms with Crippen LogP contribution in [0.5, 0.6) is 0 Å². The summed E-state index contributed by atoms with van der Waals surface area (Å²) >= 11 is 0. The number of nitrogens with one attached hydrogen (secondary N) is 2. The first-order valence-corrected chi connectivity index (χ1v) is 6.76. The molecule has 0 aliphatic heterocycles. The van der Waals surface area contributed by atoms with Crippen LogP contribution in [0.15, 0.2) is 0 Å². The Hall–Kier alpha value is -2.10. The molecule has 0 fully saturated rings. The van der Waals surface area contributed by atoms with Gasteiger partial charge in [0.25, 0.3) is 0 Å². The van der Waals surface area contributed by atoms with E-state index in [9.17, 15) is 14.4 Å². The van der Waals surface area contributed by atoms with Gasteiger partial charge >= 0.3 is 5.97 Å². The van der Waals surface area contributed by atoms with E-state index in [0.29, 0.717) is 0 Å². The molecule has 0 unspecified atom stereocenters. The smallest absolute Gasteiger partial charge is 0.328 e. The van der Waals surface area contributed by atoms with Crippen molar-refractivity contribution in [3.05, 3.63) is 0 Å². The second-order valence-electron chi connectivity index (χ2n) is 5.27. The van der Waals surface area contributed by atoms with Gasteiger partial charge < -0.3 is 15.4 Å². The Kier molecular flexibility index (Phi) is 8.06. The molecule has 2 amide bonds. The SMILES string of the molecule is COC(=O)[C@@H](NC(=O)[C@H](NC(C)=O)C(C)C)[C@H](C)CC#N. The van der Waals surface area contributed by atoms with Gasteiger partial charge in [-0.1, -0.05) is 20.8 Å². The summed E-state index contributed by atoms with van der Waals surface area (Å²) in [5, 5.41) is 13.8. The number of carbonyl (C=O) groups is 3. The fourth-order valence-electron chi connectivity index (χ4n) is 1.82. The van der Waals surface area contributed by atoms with Gasteiger partial charge in [-0.3, -0.25) is 9.59 Å². The highest BCUT2D eigenvalue weighted by Gasteiger charge is 2.31. The summed E-state index contributed by atoms with van der Waals surface area (Å²) in [6.45, 7) is 6.56. The van der Waals surface area contributed by atoms with Crippen LogP contribution < -0.4 is 10.6 Å². The second kappa shape index (κ2) is 8.95. The molecule has 0 aromatic rings. The molecule has 0 aromatic heterocycles. The van der Waals surface area contributed by atoms with Crippen LogP contribution in [0.25, 0.3) is 0 Å². The highest BCUT2D eigenvalue weighted by molar-refractivity contribution is 5.90. The Morgan fingerprint density at radius 2 is 1.71 bits per heavy atom. The van der Waals surface area contributed by atoms with Crippen LogP contribution in [0.4, 0.5) is 0 Å². The normalized spacial score (nSPS) is 14.5. The average Bonchev–Trinajstić information content (AvgIpc) is 2.40. The molecule has 0 saturated carbocycles. The van der Waals surface area contributed by atoms with Crippen molar-refractivity contribution in [2.75, 3.05) is 7.11 Å². The minimum Gasteiger partial charge on any atom is -0.467 e. The lowest BCUT2D eigenvalue weighted by Gasteiger charge is -2.26. The molecule has 21 heavy (non-hydrogen) atoms. The van der Waals surface area contributed by atoms with E-state index in [4.69, 9.17) is 5.26 Å². The van der Waals surface area contributed by atoms with Crippen molar-refractivity contribution in [1.82, 2.24) is 10.6 Å². The van der Waals surface area contributed by atoms with E-state index in [1.807, 2.05) is 6.07 Å². The zero-order valence-corrected chi connectivity index (χ0v) is 13.1. The zero-order valence-electron chi connectivity index (χ0n) is 13.1. The van der Waals surface area contributed by atoms with E-state index in [-0.39, 0.29) is 18.2 Å². The van der Waals surface area contributed by atoms with Crippen molar-refractivity contribution in [1.29, 1.82) is 5.26 Å². The number of rotatable bonds is 7. The highest BCUT2D eigenvalue weighted by atomic mass is 16.5. The predicted molar refractivity (Wildman–Crippen MR) is 75.8 cm³/mol. The van der Waals surface area contributed by atoms with E-state index in [2.05, 4.69) is 15.4 Å². The molecule has 7 heteroatoms. The maximum atomic E-state index is 12.2. The molecule has 0 aliphatic rings. The monoisotopic (exact) mass is 297 g/mol. The summed E-state index contributed by atoms with van der Waals surface area (Å²) in [5.74, 6) is -1.95. The predicted octanol–water partition coefficient (Wildman–Crippen LogP) is 0.355. The summed E-state index contributed by atoms with van der Waals surface area (Å²) in [6.07, 6.45) is 0.104. The number of carbonyl (C=O) groups excluding carboxylic acids is 3. The number of methoxy groups -OCH3 is 1. The highest BCUT2D eigenvalue weighted by Crippen LogP contribution is 2.11. The Balaban J connectivity index is 5.04. The fraction of sp³-hybridized carbons (Fsp3) is 0.714. The van der Waals surface area contributed by atoms with Crippen molar-refractivity contribution in [2.24, 2.45) is 11.8 Å². The van der Waals surface area contributed by atoms with Gasteiger partial charge in [-0.2, -0.15) is 5.26 Å². The number of nitrogens with zero attached hydrogens (tertiary/aromatic N) is 1. The van der Waals surface area contributed by atoms with Crippen LogP contribution in [0, 0.1) is 23.2 Å². The molecule has 0 aromatic carbocycles. The fourth-order valence-corrected chi connectivity index (χ4v) is 1.82. The van der Waals surface area contributed by atoms with Crippen molar-refractivity contribution in [3.8, 4) is 6.07 Å². The molecule has 0 aliphatic carbocycles. The van der Waals surface area contributed by atoms with Gasteiger partial charge in [0, 0.05) is 19.3 Å². The maximum absolute atomic E-state index is 12.2. The minimum absolute atomic E-state index is 0.104. The molecule has 3 atom stereocenters. The van der Waals surface area contributed by atoms with Gasteiger partial charge in [0.05, 0.1) is 13.2 Å². The standard InChI is InChI=1S/C14H23N3O4/c1-8(2)11(16-10(4)18)13(19)17-12(14(20)21-5)9(3)6-7-15/h8-9,11-12H,6H2,1-5H3,(H,16,18)(H,17,19)/t9-,11-,12+/m1/s1. The molecule has 0 spiro atoms. The molecular formula is C14H23N3O4. The summed E-state index contributed by atoms with van der Waals surface area (Å²) in [7, 11) is 1.22. The average molecular weight is 297 g/mol. The van der Waals surface area contributed by atoms with Crippen LogP contribution in [-0.4, -0.2) is 37.0 Å². The van der Waals surface area contributed by atoms with Crippen molar-refractivity contribution in [3.63, 3.8) is 0 Å². The van der Waals surface area contributed by atoms with Crippen molar-refractivity contribution in [2.45, 2.75) is 46.2 Å². The maximum Gasteiger partial charge on any atom is 0.328 e. The number of esters is 1. The van der Waals surface area contributed by atoms with Crippen LogP contribution in [0.2, 0.25) is 0 Å². The molecule has 0 saturated heterocycles. The number of ether oxygens (including phenoxy) is 1. The summed E-state index contributed by atoms with van der Waals surface area (Å²) < 4.78 is 4.65. The molecule has 0 bridgehead atoms. The van der Waals surface area contributed by atoms with Crippen LogP contribution in [0.3, 0.4) is 0 Å². The molecule has 2 N–H and O–H groups in total. The Morgan fingerprint density at radius 1 is 1.14 bits per heavy atom. The summed E-state index contributed by atoms with van der Waals surface area (Å²) in [4.78, 5) is 35.1. The number of amides is 2. The number of nitriles is 1. The second-order valence-corrected chi connectivity index (χ2v) is 5.27. The Morgan fingerprint density at radius 3 is 2.10 bits per heavy atom. The topological polar surface area (TPSA) is 108 Å². The number of hydrogen-bond donors (Lipinski definition) is 2. The lowest BCUT2D eigenvalue weighted by molar-refractivity contribution is -0.147. The first kappa shape index (κ1) is 18.9. The summed E-state index contributed by atoms with van der Waals surface area (Å²) in [6, 6.07) is 0.290. The van der Waals surface area contributed by atoms with Gasteiger partial charge in [0.1, 0.15) is 12.1 Å². The third-order valence-corrected chi connectivity index (χ3v) is 3.04. The van der Waals surface area contributed by atoms with Gasteiger partial charge in [0.15, 0.2) is 0 Å². The first-order valence-electron chi connectivity index (χ1n) is 6.76. The zero-order chi connectivity index (χ0) is 16.6. The lowest BCUT2D eigenvalue weighted by atomic mass is 9.97. The molecule has 7 nitrogen and oxygen atoms in total. The molecule has 0 rings (SSSR count). The number of hydrogen-bond acceptors (Lipinski definition) is 5. The van der Waals surface area contributed by atoms with E-state index >= 15 is 0 Å². The lowest BCUT2D eigenvalue weighted by Crippen LogP contribution is -2.55. The van der Waals surface area contributed by atoms with Crippen LogP contribution in [0.1, 0.15) is 34.1 Å². The summed E-state index contributed by atoms with van der Waals surface area (Å²) in [5.41, 5.74) is 0. The van der Waals surface area contributed by atoms with E-state index < -0.39 is 29.9 Å². The molecule has 0 radical (unpaired) electrons. The van der Waals surface area contributed by atoms with Crippen molar-refractivity contribution < 1.29 is 19.1 Å². The third-order valence-electron chi connectivity index (χ3n) is 3.04. The van der Waals surface area contributed by atoms with Gasteiger partial charge in [-0.25, -0.2) is 4.79 Å². The van der Waals surface area contributed by atoms with E-state index in [1.165, 1.54) is 14.0 Å². The molecular weight excluding hydrogens is 274 g/mol. The van der Waals surface area contributed by atoms with E-state index in [0.717, 1.165) is 0 Å².